The molecule has 1 unspecified atom stereocenters. The summed E-state index contributed by atoms with van der Waals surface area (Å²) in [7, 11) is 2.13. The molecule has 96 valence electrons. The molecular formula is C15H21N3. The molecule has 1 atom stereocenters. The lowest BCUT2D eigenvalue weighted by Crippen LogP contribution is -2.05. The van der Waals surface area contributed by atoms with Gasteiger partial charge in [-0.3, -0.25) is 0 Å². The molecular weight excluding hydrogens is 222 g/mol. The molecule has 0 amide bonds. The van der Waals surface area contributed by atoms with Gasteiger partial charge in [-0.05, 0) is 37.5 Å². The van der Waals surface area contributed by atoms with E-state index in [-0.39, 0.29) is 6.04 Å². The van der Waals surface area contributed by atoms with Gasteiger partial charge in [-0.2, -0.15) is 0 Å². The number of hydrogen-bond donors (Lipinski definition) is 1. The third-order valence-corrected chi connectivity index (χ3v) is 4.19. The Kier molecular flexibility index (Phi) is 2.86. The highest BCUT2D eigenvalue weighted by Gasteiger charge is 2.22. The van der Waals surface area contributed by atoms with E-state index in [9.17, 15) is 0 Å². The van der Waals surface area contributed by atoms with E-state index in [1.807, 2.05) is 6.92 Å². The zero-order chi connectivity index (χ0) is 12.7. The maximum atomic E-state index is 5.95. The number of fused-ring (bicyclic) bond motifs is 1. The molecule has 1 fully saturated rings. The second-order valence-corrected chi connectivity index (χ2v) is 5.55. The van der Waals surface area contributed by atoms with Crippen LogP contribution in [0.15, 0.2) is 18.2 Å². The fourth-order valence-electron chi connectivity index (χ4n) is 3.06. The molecule has 0 bridgehead atoms. The molecule has 3 rings (SSSR count). The van der Waals surface area contributed by atoms with Crippen molar-refractivity contribution in [2.45, 2.75) is 44.6 Å². The van der Waals surface area contributed by atoms with Crippen molar-refractivity contribution in [3.05, 3.63) is 29.6 Å². The SMILES string of the molecule is CC(N)c1ccc2nc(C3CCCC3)n(C)c2c1. The van der Waals surface area contributed by atoms with Gasteiger partial charge in [0, 0.05) is 19.0 Å². The summed E-state index contributed by atoms with van der Waals surface area (Å²) in [6.45, 7) is 2.02. The summed E-state index contributed by atoms with van der Waals surface area (Å²) in [5.41, 5.74) is 9.45. The van der Waals surface area contributed by atoms with Crippen molar-refractivity contribution in [2.75, 3.05) is 0 Å². The monoisotopic (exact) mass is 243 g/mol. The first-order valence-corrected chi connectivity index (χ1v) is 6.88. The first-order chi connectivity index (χ1) is 8.66. The number of aryl methyl sites for hydroxylation is 1. The van der Waals surface area contributed by atoms with Crippen LogP contribution in [0.1, 0.15) is 56.0 Å². The number of benzene rings is 1. The van der Waals surface area contributed by atoms with Gasteiger partial charge in [0.2, 0.25) is 0 Å². The van der Waals surface area contributed by atoms with Crippen molar-refractivity contribution in [2.24, 2.45) is 12.8 Å². The third-order valence-electron chi connectivity index (χ3n) is 4.19. The van der Waals surface area contributed by atoms with E-state index in [0.717, 1.165) is 5.52 Å². The second-order valence-electron chi connectivity index (χ2n) is 5.55. The third kappa shape index (κ3) is 1.83. The van der Waals surface area contributed by atoms with Crippen LogP contribution < -0.4 is 5.73 Å². The van der Waals surface area contributed by atoms with Gasteiger partial charge in [0.25, 0.3) is 0 Å². The van der Waals surface area contributed by atoms with Crippen LogP contribution in [0.25, 0.3) is 11.0 Å². The van der Waals surface area contributed by atoms with Gasteiger partial charge in [-0.15, -0.1) is 0 Å². The minimum Gasteiger partial charge on any atom is -0.331 e. The van der Waals surface area contributed by atoms with E-state index < -0.39 is 0 Å². The molecule has 2 aromatic rings. The van der Waals surface area contributed by atoms with E-state index >= 15 is 0 Å². The molecule has 1 aromatic heterocycles. The first kappa shape index (κ1) is 11.7. The standard InChI is InChI=1S/C15H21N3/c1-10(16)12-7-8-13-14(9-12)18(2)15(17-13)11-5-3-4-6-11/h7-11H,3-6,16H2,1-2H3. The molecule has 1 aliphatic rings. The van der Waals surface area contributed by atoms with Gasteiger partial charge in [0.05, 0.1) is 11.0 Å². The van der Waals surface area contributed by atoms with Gasteiger partial charge in [0.15, 0.2) is 0 Å². The van der Waals surface area contributed by atoms with E-state index in [1.54, 1.807) is 0 Å². The summed E-state index contributed by atoms with van der Waals surface area (Å²) in [5.74, 6) is 1.91. The number of hydrogen-bond acceptors (Lipinski definition) is 2. The Hall–Kier alpha value is -1.35. The minimum absolute atomic E-state index is 0.0826. The van der Waals surface area contributed by atoms with Gasteiger partial charge >= 0.3 is 0 Å². The van der Waals surface area contributed by atoms with Crippen LogP contribution in [-0.2, 0) is 7.05 Å². The van der Waals surface area contributed by atoms with Crippen molar-refractivity contribution in [3.63, 3.8) is 0 Å². The molecule has 0 radical (unpaired) electrons. The van der Waals surface area contributed by atoms with Crippen molar-refractivity contribution in [3.8, 4) is 0 Å². The maximum Gasteiger partial charge on any atom is 0.112 e. The van der Waals surface area contributed by atoms with Crippen molar-refractivity contribution in [1.82, 2.24) is 9.55 Å². The highest BCUT2D eigenvalue weighted by Crippen LogP contribution is 2.34. The molecule has 1 aliphatic carbocycles. The lowest BCUT2D eigenvalue weighted by atomic mass is 10.1. The Balaban J connectivity index is 2.09. The lowest BCUT2D eigenvalue weighted by Gasteiger charge is -2.09. The Morgan fingerprint density at radius 1 is 1.33 bits per heavy atom. The zero-order valence-corrected chi connectivity index (χ0v) is 11.2. The summed E-state index contributed by atoms with van der Waals surface area (Å²) in [4.78, 5) is 4.82. The molecule has 2 N–H and O–H groups in total. The number of aromatic nitrogens is 2. The van der Waals surface area contributed by atoms with Crippen LogP contribution >= 0.6 is 0 Å². The summed E-state index contributed by atoms with van der Waals surface area (Å²) in [5, 5.41) is 0. The molecule has 0 saturated heterocycles. The molecule has 3 heteroatoms. The lowest BCUT2D eigenvalue weighted by molar-refractivity contribution is 0.639. The average Bonchev–Trinajstić information content (AvgIpc) is 2.97. The van der Waals surface area contributed by atoms with Crippen LogP contribution in [0.3, 0.4) is 0 Å². The minimum atomic E-state index is 0.0826. The smallest absolute Gasteiger partial charge is 0.112 e. The molecule has 0 spiro atoms. The van der Waals surface area contributed by atoms with Crippen LogP contribution in [0.4, 0.5) is 0 Å². The average molecular weight is 243 g/mol. The number of rotatable bonds is 2. The predicted octanol–water partition coefficient (Wildman–Crippen LogP) is 3.25. The number of nitrogens with zero attached hydrogens (tertiary/aromatic N) is 2. The van der Waals surface area contributed by atoms with Crippen molar-refractivity contribution < 1.29 is 0 Å². The maximum absolute atomic E-state index is 5.95. The van der Waals surface area contributed by atoms with E-state index in [1.165, 1.54) is 42.6 Å². The molecule has 18 heavy (non-hydrogen) atoms. The van der Waals surface area contributed by atoms with E-state index in [0.29, 0.717) is 5.92 Å². The molecule has 1 aromatic carbocycles. The Labute approximate surface area is 108 Å². The highest BCUT2D eigenvalue weighted by molar-refractivity contribution is 5.77. The van der Waals surface area contributed by atoms with Crippen LogP contribution in [0.2, 0.25) is 0 Å². The predicted molar refractivity (Wildman–Crippen MR) is 74.5 cm³/mol. The van der Waals surface area contributed by atoms with Gasteiger partial charge < -0.3 is 10.3 Å². The topological polar surface area (TPSA) is 43.8 Å². The largest absolute Gasteiger partial charge is 0.331 e. The fraction of sp³-hybridized carbons (Fsp3) is 0.533. The van der Waals surface area contributed by atoms with E-state index in [4.69, 9.17) is 10.7 Å². The van der Waals surface area contributed by atoms with Crippen LogP contribution in [0, 0.1) is 0 Å². The van der Waals surface area contributed by atoms with Crippen molar-refractivity contribution >= 4 is 11.0 Å². The first-order valence-electron chi connectivity index (χ1n) is 6.88. The summed E-state index contributed by atoms with van der Waals surface area (Å²) >= 11 is 0. The van der Waals surface area contributed by atoms with Gasteiger partial charge in [-0.25, -0.2) is 4.98 Å². The Morgan fingerprint density at radius 2 is 2.06 bits per heavy atom. The molecule has 0 aliphatic heterocycles. The summed E-state index contributed by atoms with van der Waals surface area (Å²) < 4.78 is 2.26. The Morgan fingerprint density at radius 3 is 2.72 bits per heavy atom. The second kappa shape index (κ2) is 4.39. The highest BCUT2D eigenvalue weighted by atomic mass is 15.1. The Bertz CT molecular complexity index is 562. The zero-order valence-electron chi connectivity index (χ0n) is 11.2. The fourth-order valence-corrected chi connectivity index (χ4v) is 3.06. The van der Waals surface area contributed by atoms with Crippen LogP contribution in [-0.4, -0.2) is 9.55 Å². The molecule has 3 nitrogen and oxygen atoms in total. The van der Waals surface area contributed by atoms with Gasteiger partial charge in [-0.1, -0.05) is 18.9 Å². The number of imidazole rings is 1. The number of nitrogens with two attached hydrogens (primary N) is 1. The van der Waals surface area contributed by atoms with Crippen LogP contribution in [0.5, 0.6) is 0 Å². The van der Waals surface area contributed by atoms with Gasteiger partial charge in [0.1, 0.15) is 5.82 Å². The summed E-state index contributed by atoms with van der Waals surface area (Å²) in [6.07, 6.45) is 5.27. The van der Waals surface area contributed by atoms with Crippen molar-refractivity contribution in [1.29, 1.82) is 0 Å². The molecule has 1 heterocycles. The molecule has 1 saturated carbocycles. The quantitative estimate of drug-likeness (QED) is 0.880. The summed E-state index contributed by atoms with van der Waals surface area (Å²) in [6, 6.07) is 6.47. The normalized spacial score (nSPS) is 18.6. The van der Waals surface area contributed by atoms with E-state index in [2.05, 4.69) is 29.8 Å².